The normalized spacial score (nSPS) is 11.1. The molecule has 0 spiro atoms. The van der Waals surface area contributed by atoms with Gasteiger partial charge in [-0.1, -0.05) is 48.0 Å². The topological polar surface area (TPSA) is 90.5 Å². The Hall–Kier alpha value is -4.33. The SMILES string of the molecule is CCn1cc(-c2cc(C(=O)Nc3ncn(Cc4cccc(C)c4)n3)c3ccccc3n2)c(C)n1. The number of aromatic nitrogens is 6. The predicted molar refractivity (Wildman–Crippen MR) is 132 cm³/mol. The Bertz CT molecular complexity index is 1500. The lowest BCUT2D eigenvalue weighted by Crippen LogP contribution is -2.14. The highest BCUT2D eigenvalue weighted by atomic mass is 16.1. The van der Waals surface area contributed by atoms with E-state index in [0.29, 0.717) is 17.8 Å². The van der Waals surface area contributed by atoms with Gasteiger partial charge in [0.05, 0.1) is 29.0 Å². The van der Waals surface area contributed by atoms with Gasteiger partial charge < -0.3 is 0 Å². The maximum Gasteiger partial charge on any atom is 0.258 e. The number of hydrogen-bond acceptors (Lipinski definition) is 5. The first-order valence-corrected chi connectivity index (χ1v) is 11.2. The van der Waals surface area contributed by atoms with E-state index >= 15 is 0 Å². The number of aryl methyl sites for hydroxylation is 3. The van der Waals surface area contributed by atoms with E-state index in [0.717, 1.165) is 34.3 Å². The number of fused-ring (bicyclic) bond motifs is 1. The molecule has 0 bridgehead atoms. The first kappa shape index (κ1) is 21.5. The van der Waals surface area contributed by atoms with Gasteiger partial charge in [-0.25, -0.2) is 14.6 Å². The molecule has 1 amide bonds. The van der Waals surface area contributed by atoms with Gasteiger partial charge in [0, 0.05) is 23.7 Å². The summed E-state index contributed by atoms with van der Waals surface area (Å²) < 4.78 is 3.58. The Morgan fingerprint density at radius 3 is 2.65 bits per heavy atom. The van der Waals surface area contributed by atoms with Crippen molar-refractivity contribution in [3.8, 4) is 11.3 Å². The van der Waals surface area contributed by atoms with Crippen LogP contribution in [0.15, 0.2) is 67.1 Å². The lowest BCUT2D eigenvalue weighted by molar-refractivity contribution is 0.102. The molecule has 8 heteroatoms. The van der Waals surface area contributed by atoms with Gasteiger partial charge in [-0.2, -0.15) is 5.10 Å². The van der Waals surface area contributed by atoms with Crippen molar-refractivity contribution in [3.63, 3.8) is 0 Å². The van der Waals surface area contributed by atoms with E-state index in [2.05, 4.69) is 39.6 Å². The molecule has 34 heavy (non-hydrogen) atoms. The number of rotatable bonds is 6. The molecular formula is C26H25N7O. The Kier molecular flexibility index (Phi) is 5.63. The third-order valence-corrected chi connectivity index (χ3v) is 5.70. The van der Waals surface area contributed by atoms with Gasteiger partial charge in [0.15, 0.2) is 0 Å². The van der Waals surface area contributed by atoms with Gasteiger partial charge in [-0.05, 0) is 38.5 Å². The fourth-order valence-electron chi connectivity index (χ4n) is 4.03. The Morgan fingerprint density at radius 2 is 1.85 bits per heavy atom. The van der Waals surface area contributed by atoms with Crippen LogP contribution in [0.2, 0.25) is 0 Å². The van der Waals surface area contributed by atoms with E-state index in [9.17, 15) is 4.79 Å². The van der Waals surface area contributed by atoms with Crippen LogP contribution >= 0.6 is 0 Å². The van der Waals surface area contributed by atoms with Crippen LogP contribution in [0.3, 0.4) is 0 Å². The zero-order valence-electron chi connectivity index (χ0n) is 19.4. The van der Waals surface area contributed by atoms with Gasteiger partial charge in [-0.15, -0.1) is 5.10 Å². The number of nitrogens with zero attached hydrogens (tertiary/aromatic N) is 6. The summed E-state index contributed by atoms with van der Waals surface area (Å²) in [7, 11) is 0. The highest BCUT2D eigenvalue weighted by molar-refractivity contribution is 6.12. The Labute approximate surface area is 197 Å². The molecule has 0 radical (unpaired) electrons. The Morgan fingerprint density at radius 1 is 1.00 bits per heavy atom. The summed E-state index contributed by atoms with van der Waals surface area (Å²) in [5, 5.41) is 12.6. The average molecular weight is 452 g/mol. The van der Waals surface area contributed by atoms with Crippen LogP contribution in [0.5, 0.6) is 0 Å². The van der Waals surface area contributed by atoms with E-state index in [1.807, 2.05) is 67.2 Å². The third kappa shape index (κ3) is 4.30. The van der Waals surface area contributed by atoms with Gasteiger partial charge in [0.2, 0.25) is 5.95 Å². The number of carbonyl (C=O) groups is 1. The molecule has 0 aliphatic heterocycles. The number of hydrogen-bond donors (Lipinski definition) is 1. The number of amides is 1. The van der Waals surface area contributed by atoms with Crippen molar-refractivity contribution in [2.75, 3.05) is 5.32 Å². The van der Waals surface area contributed by atoms with Crippen LogP contribution in [0, 0.1) is 13.8 Å². The van der Waals surface area contributed by atoms with Gasteiger partial charge >= 0.3 is 0 Å². The average Bonchev–Trinajstić information content (AvgIpc) is 3.44. The van der Waals surface area contributed by atoms with Crippen LogP contribution in [0.1, 0.15) is 34.1 Å². The minimum atomic E-state index is -0.284. The fourth-order valence-corrected chi connectivity index (χ4v) is 4.03. The second-order valence-electron chi connectivity index (χ2n) is 8.27. The molecule has 2 aromatic carbocycles. The fraction of sp³-hybridized carbons (Fsp3) is 0.192. The van der Waals surface area contributed by atoms with Crippen LogP contribution in [0.25, 0.3) is 22.2 Å². The summed E-state index contributed by atoms with van der Waals surface area (Å²) in [6.07, 6.45) is 3.58. The molecular weight excluding hydrogens is 426 g/mol. The van der Waals surface area contributed by atoms with E-state index in [4.69, 9.17) is 4.98 Å². The number of para-hydroxylation sites is 1. The Balaban J connectivity index is 1.45. The van der Waals surface area contributed by atoms with Crippen LogP contribution in [-0.2, 0) is 13.1 Å². The van der Waals surface area contributed by atoms with Gasteiger partial charge in [0.25, 0.3) is 5.91 Å². The maximum absolute atomic E-state index is 13.3. The highest BCUT2D eigenvalue weighted by Crippen LogP contribution is 2.27. The van der Waals surface area contributed by atoms with Crippen LogP contribution in [-0.4, -0.2) is 35.4 Å². The molecule has 0 aliphatic carbocycles. The van der Waals surface area contributed by atoms with Gasteiger partial charge in [-0.3, -0.25) is 14.8 Å². The molecule has 0 atom stereocenters. The van der Waals surface area contributed by atoms with Crippen LogP contribution < -0.4 is 5.32 Å². The zero-order chi connectivity index (χ0) is 23.7. The summed E-state index contributed by atoms with van der Waals surface area (Å²) in [6, 6.07) is 17.6. The largest absolute Gasteiger partial charge is 0.289 e. The van der Waals surface area contributed by atoms with Crippen molar-refractivity contribution in [1.82, 2.24) is 29.5 Å². The molecule has 3 heterocycles. The first-order valence-electron chi connectivity index (χ1n) is 11.2. The molecule has 0 saturated heterocycles. The predicted octanol–water partition coefficient (Wildman–Crippen LogP) is 4.63. The highest BCUT2D eigenvalue weighted by Gasteiger charge is 2.17. The van der Waals surface area contributed by atoms with Crippen molar-refractivity contribution >= 4 is 22.8 Å². The summed E-state index contributed by atoms with van der Waals surface area (Å²) >= 11 is 0. The summed E-state index contributed by atoms with van der Waals surface area (Å²) in [6.45, 7) is 7.38. The van der Waals surface area contributed by atoms with E-state index in [-0.39, 0.29) is 11.9 Å². The zero-order valence-corrected chi connectivity index (χ0v) is 19.4. The van der Waals surface area contributed by atoms with Crippen molar-refractivity contribution < 1.29 is 4.79 Å². The van der Waals surface area contributed by atoms with E-state index in [1.165, 1.54) is 5.56 Å². The third-order valence-electron chi connectivity index (χ3n) is 5.70. The molecule has 0 aliphatic rings. The molecule has 170 valence electrons. The van der Waals surface area contributed by atoms with Crippen LogP contribution in [0.4, 0.5) is 5.95 Å². The second-order valence-corrected chi connectivity index (χ2v) is 8.27. The molecule has 8 nitrogen and oxygen atoms in total. The summed E-state index contributed by atoms with van der Waals surface area (Å²) in [4.78, 5) is 22.4. The lowest BCUT2D eigenvalue weighted by Gasteiger charge is -2.09. The molecule has 0 fully saturated rings. The molecule has 3 aromatic heterocycles. The van der Waals surface area contributed by atoms with Crippen molar-refractivity contribution in [1.29, 1.82) is 0 Å². The molecule has 1 N–H and O–H groups in total. The van der Waals surface area contributed by atoms with Crippen molar-refractivity contribution in [2.45, 2.75) is 33.9 Å². The van der Waals surface area contributed by atoms with Gasteiger partial charge in [0.1, 0.15) is 6.33 Å². The standard InChI is InChI=1S/C26H25N7O/c1-4-32-15-22(18(3)30-32)24-13-21(20-10-5-6-11-23(20)28-24)25(34)29-26-27-16-33(31-26)14-19-9-7-8-17(2)12-19/h5-13,15-16H,4,14H2,1-3H3,(H,29,31,34). The monoisotopic (exact) mass is 451 g/mol. The van der Waals surface area contributed by atoms with Crippen molar-refractivity contribution in [2.24, 2.45) is 0 Å². The molecule has 0 unspecified atom stereocenters. The number of pyridine rings is 1. The second kappa shape index (κ2) is 8.90. The summed E-state index contributed by atoms with van der Waals surface area (Å²) in [5.41, 5.74) is 6.04. The number of nitrogens with one attached hydrogen (secondary N) is 1. The molecule has 5 rings (SSSR count). The smallest absolute Gasteiger partial charge is 0.258 e. The molecule has 0 saturated carbocycles. The lowest BCUT2D eigenvalue weighted by atomic mass is 10.0. The minimum absolute atomic E-state index is 0.259. The van der Waals surface area contributed by atoms with E-state index in [1.54, 1.807) is 11.0 Å². The minimum Gasteiger partial charge on any atom is -0.289 e. The number of benzene rings is 2. The molecule has 5 aromatic rings. The van der Waals surface area contributed by atoms with E-state index < -0.39 is 0 Å². The maximum atomic E-state index is 13.3. The number of carbonyl (C=O) groups excluding carboxylic acids is 1. The quantitative estimate of drug-likeness (QED) is 0.407. The first-order chi connectivity index (χ1) is 16.5. The van der Waals surface area contributed by atoms with Crippen molar-refractivity contribution in [3.05, 3.63) is 89.5 Å². The number of anilines is 1. The summed E-state index contributed by atoms with van der Waals surface area (Å²) in [5.74, 6) is -0.0243.